The fourth-order valence-corrected chi connectivity index (χ4v) is 3.48. The molecule has 1 fully saturated rings. The van der Waals surface area contributed by atoms with Gasteiger partial charge in [0, 0.05) is 12.3 Å². The summed E-state index contributed by atoms with van der Waals surface area (Å²) in [6.07, 6.45) is 0.131. The number of hydrogen-bond acceptors (Lipinski definition) is 7. The number of fused-ring (bicyclic) bond motifs is 1. The molecular formula is C20H22ClN3O7. The summed E-state index contributed by atoms with van der Waals surface area (Å²) >= 11 is 5.49. The molecule has 2 aliphatic rings. The van der Waals surface area contributed by atoms with Crippen LogP contribution in [-0.4, -0.2) is 72.8 Å². The number of carbonyl (C=O) groups excluding carboxylic acids is 5. The van der Waals surface area contributed by atoms with E-state index < -0.39 is 35.6 Å². The number of piperidine rings is 1. The van der Waals surface area contributed by atoms with Gasteiger partial charge < -0.3 is 14.8 Å². The molecule has 0 spiro atoms. The maximum atomic E-state index is 13.0. The highest BCUT2D eigenvalue weighted by Gasteiger charge is 2.45. The molecular weight excluding hydrogens is 430 g/mol. The summed E-state index contributed by atoms with van der Waals surface area (Å²) in [5.74, 6) is -2.45. The average Bonchev–Trinajstić information content (AvgIpc) is 2.99. The molecule has 11 heteroatoms. The standard InChI is InChI=1S/C20H22ClN3O7/c21-7-9-31-11-10-30-8-6-16(26)22-13-3-1-2-12-17(13)20(29)24(19(12)28)14-4-5-15(25)23-18(14)27/h1-3,14H,4-11H2,(H,22,26)(H,23,25,27). The van der Waals surface area contributed by atoms with Gasteiger partial charge in [0.25, 0.3) is 11.8 Å². The molecule has 0 aliphatic carbocycles. The van der Waals surface area contributed by atoms with Gasteiger partial charge in [0.1, 0.15) is 6.04 Å². The van der Waals surface area contributed by atoms with Gasteiger partial charge in [-0.25, -0.2) is 0 Å². The second kappa shape index (κ2) is 10.5. The van der Waals surface area contributed by atoms with Crippen LogP contribution in [-0.2, 0) is 23.9 Å². The van der Waals surface area contributed by atoms with Gasteiger partial charge in [0.2, 0.25) is 17.7 Å². The number of rotatable bonds is 10. The molecule has 0 radical (unpaired) electrons. The van der Waals surface area contributed by atoms with Crippen LogP contribution in [0.5, 0.6) is 0 Å². The van der Waals surface area contributed by atoms with Crippen LogP contribution in [0.25, 0.3) is 0 Å². The van der Waals surface area contributed by atoms with Crippen LogP contribution in [0.2, 0.25) is 0 Å². The van der Waals surface area contributed by atoms with Crippen LogP contribution >= 0.6 is 11.6 Å². The third-order valence-corrected chi connectivity index (χ3v) is 4.96. The Morgan fingerprint density at radius 3 is 2.55 bits per heavy atom. The van der Waals surface area contributed by atoms with Crippen molar-refractivity contribution in [3.8, 4) is 0 Å². The van der Waals surface area contributed by atoms with Crippen molar-refractivity contribution in [2.24, 2.45) is 0 Å². The molecule has 10 nitrogen and oxygen atoms in total. The molecule has 5 amide bonds. The fourth-order valence-electron chi connectivity index (χ4n) is 3.37. The lowest BCUT2D eigenvalue weighted by Gasteiger charge is -2.27. The number of nitrogens with one attached hydrogen (secondary N) is 2. The zero-order chi connectivity index (χ0) is 22.4. The van der Waals surface area contributed by atoms with Crippen molar-refractivity contribution < 1.29 is 33.4 Å². The van der Waals surface area contributed by atoms with Gasteiger partial charge in [-0.2, -0.15) is 0 Å². The van der Waals surface area contributed by atoms with Crippen molar-refractivity contribution in [2.75, 3.05) is 37.6 Å². The number of halogens is 1. The topological polar surface area (TPSA) is 131 Å². The molecule has 1 aromatic carbocycles. The number of amides is 5. The van der Waals surface area contributed by atoms with Crippen LogP contribution in [0.3, 0.4) is 0 Å². The van der Waals surface area contributed by atoms with Crippen molar-refractivity contribution in [2.45, 2.75) is 25.3 Å². The van der Waals surface area contributed by atoms with Gasteiger partial charge in [-0.3, -0.25) is 34.2 Å². The first-order valence-corrected chi connectivity index (χ1v) is 10.3. The average molecular weight is 452 g/mol. The highest BCUT2D eigenvalue weighted by atomic mass is 35.5. The summed E-state index contributed by atoms with van der Waals surface area (Å²) in [5, 5.41) is 4.77. The van der Waals surface area contributed by atoms with Gasteiger partial charge in [0.05, 0.1) is 49.7 Å². The van der Waals surface area contributed by atoms with Crippen LogP contribution < -0.4 is 10.6 Å². The first kappa shape index (κ1) is 22.9. The third-order valence-electron chi connectivity index (χ3n) is 4.81. The Hall–Kier alpha value is -2.82. The van der Waals surface area contributed by atoms with Crippen molar-refractivity contribution in [3.05, 3.63) is 29.3 Å². The Morgan fingerprint density at radius 2 is 1.84 bits per heavy atom. The Kier molecular flexibility index (Phi) is 7.72. The first-order valence-electron chi connectivity index (χ1n) is 9.80. The van der Waals surface area contributed by atoms with E-state index in [9.17, 15) is 24.0 Å². The summed E-state index contributed by atoms with van der Waals surface area (Å²) in [4.78, 5) is 62.4. The maximum absolute atomic E-state index is 13.0. The van der Waals surface area contributed by atoms with E-state index in [1.54, 1.807) is 0 Å². The predicted molar refractivity (Wildman–Crippen MR) is 109 cm³/mol. The molecule has 1 saturated heterocycles. The molecule has 2 aliphatic heterocycles. The third kappa shape index (κ3) is 5.27. The van der Waals surface area contributed by atoms with E-state index in [1.165, 1.54) is 18.2 Å². The minimum Gasteiger partial charge on any atom is -0.379 e. The van der Waals surface area contributed by atoms with Crippen LogP contribution in [0.15, 0.2) is 18.2 Å². The van der Waals surface area contributed by atoms with Gasteiger partial charge in [-0.1, -0.05) is 6.07 Å². The maximum Gasteiger partial charge on any atom is 0.264 e. The van der Waals surface area contributed by atoms with E-state index >= 15 is 0 Å². The number of imide groups is 2. The number of ether oxygens (including phenoxy) is 2. The van der Waals surface area contributed by atoms with E-state index in [1.807, 2.05) is 0 Å². The van der Waals surface area contributed by atoms with E-state index in [-0.39, 0.29) is 42.7 Å². The smallest absolute Gasteiger partial charge is 0.264 e. The van der Waals surface area contributed by atoms with Gasteiger partial charge in [-0.05, 0) is 18.6 Å². The van der Waals surface area contributed by atoms with Crippen molar-refractivity contribution in [3.63, 3.8) is 0 Å². The molecule has 2 N–H and O–H groups in total. The number of benzene rings is 1. The Labute approximate surface area is 183 Å². The van der Waals surface area contributed by atoms with Crippen LogP contribution in [0.1, 0.15) is 40.0 Å². The number of alkyl halides is 1. The molecule has 1 atom stereocenters. The fraction of sp³-hybridized carbons (Fsp3) is 0.450. The van der Waals surface area contributed by atoms with Gasteiger partial charge in [-0.15, -0.1) is 11.6 Å². The second-order valence-corrected chi connectivity index (χ2v) is 7.27. The van der Waals surface area contributed by atoms with E-state index in [0.29, 0.717) is 25.7 Å². The SMILES string of the molecule is O=C1CCC(N2C(=O)c3cccc(NC(=O)CCOCCOCCCl)c3C2=O)C(=O)N1. The lowest BCUT2D eigenvalue weighted by molar-refractivity contribution is -0.136. The van der Waals surface area contributed by atoms with Crippen molar-refractivity contribution >= 4 is 46.8 Å². The molecule has 1 unspecified atom stereocenters. The van der Waals surface area contributed by atoms with E-state index in [4.69, 9.17) is 21.1 Å². The van der Waals surface area contributed by atoms with Crippen LogP contribution in [0.4, 0.5) is 5.69 Å². The summed E-state index contributed by atoms with van der Waals surface area (Å²) in [6.45, 7) is 1.26. The van der Waals surface area contributed by atoms with Crippen molar-refractivity contribution in [1.82, 2.24) is 10.2 Å². The Bertz CT molecular complexity index is 905. The first-order chi connectivity index (χ1) is 14.9. The highest BCUT2D eigenvalue weighted by Crippen LogP contribution is 2.32. The number of carbonyl (C=O) groups is 5. The zero-order valence-corrected chi connectivity index (χ0v) is 17.4. The molecule has 0 aromatic heterocycles. The number of nitrogens with zero attached hydrogens (tertiary/aromatic N) is 1. The minimum absolute atomic E-state index is 0.0287. The lowest BCUT2D eigenvalue weighted by Crippen LogP contribution is -2.54. The van der Waals surface area contributed by atoms with Gasteiger partial charge >= 0.3 is 0 Å². The number of anilines is 1. The summed E-state index contributed by atoms with van der Waals surface area (Å²) in [7, 11) is 0. The highest BCUT2D eigenvalue weighted by molar-refractivity contribution is 6.26. The minimum atomic E-state index is -1.07. The quantitative estimate of drug-likeness (QED) is 0.304. The number of hydrogen-bond donors (Lipinski definition) is 2. The van der Waals surface area contributed by atoms with E-state index in [0.717, 1.165) is 4.90 Å². The largest absolute Gasteiger partial charge is 0.379 e. The molecule has 1 aromatic rings. The summed E-state index contributed by atoms with van der Waals surface area (Å²) < 4.78 is 10.5. The Morgan fingerprint density at radius 1 is 1.10 bits per heavy atom. The summed E-state index contributed by atoms with van der Waals surface area (Å²) in [5.41, 5.74) is 0.308. The van der Waals surface area contributed by atoms with Crippen molar-refractivity contribution in [1.29, 1.82) is 0 Å². The zero-order valence-electron chi connectivity index (χ0n) is 16.6. The molecule has 0 bridgehead atoms. The van der Waals surface area contributed by atoms with E-state index in [2.05, 4.69) is 10.6 Å². The lowest BCUT2D eigenvalue weighted by atomic mass is 10.0. The normalized spacial score (nSPS) is 18.2. The monoisotopic (exact) mass is 451 g/mol. The molecule has 2 heterocycles. The Balaban J connectivity index is 1.62. The molecule has 3 rings (SSSR count). The second-order valence-electron chi connectivity index (χ2n) is 6.89. The molecule has 0 saturated carbocycles. The van der Waals surface area contributed by atoms with Gasteiger partial charge in [0.15, 0.2) is 0 Å². The van der Waals surface area contributed by atoms with Crippen LogP contribution in [0, 0.1) is 0 Å². The predicted octanol–water partition coefficient (Wildman–Crippen LogP) is 0.688. The summed E-state index contributed by atoms with van der Waals surface area (Å²) in [6, 6.07) is 3.44. The molecule has 31 heavy (non-hydrogen) atoms. The molecule has 166 valence electrons.